The summed E-state index contributed by atoms with van der Waals surface area (Å²) < 4.78 is 51.4. The molecule has 1 aromatic rings. The Labute approximate surface area is 320 Å². The number of likely N-dealkylation sites (N-methyl/N-ethyl adjacent to an activating group) is 1. The Morgan fingerprint density at radius 3 is 2.26 bits per heavy atom. The van der Waals surface area contributed by atoms with Crippen molar-refractivity contribution in [3.63, 3.8) is 0 Å². The highest BCUT2D eigenvalue weighted by atomic mass is 19.1. The molecular formula is C41H64FNO11. The standard InChI is InChI=1S/C41H64FNO11/c1-13-19-43(10)30-20-24(4)51-39(35(30)49-11)54-37-26(6)34(53-32(44)21-28-15-17-29(42)18-16-28)27(7)38(47)52-31(14-2)41(9,48)36(46)25(5)33(45)23(3)22-40(37,8)50-12/h13,15-18,23-27,30-31,34-37,39,46,48H,1,14,19-22H2,2-12H3/t23-,24+,25-,26+,27-,30-,31-,34+,35+,36-,37-,39?,40-,41-/m1/s1. The Kier molecular flexibility index (Phi) is 16.4. The van der Waals surface area contributed by atoms with Crippen LogP contribution in [0.25, 0.3) is 0 Å². The molecule has 0 amide bonds. The van der Waals surface area contributed by atoms with Crippen molar-refractivity contribution in [3.05, 3.63) is 48.3 Å². The second-order valence-corrected chi connectivity index (χ2v) is 15.8. The molecule has 2 heterocycles. The molecular weight excluding hydrogens is 701 g/mol. The lowest BCUT2D eigenvalue weighted by Crippen LogP contribution is -2.61. The molecule has 0 saturated carbocycles. The van der Waals surface area contributed by atoms with Gasteiger partial charge in [-0.1, -0.05) is 45.9 Å². The van der Waals surface area contributed by atoms with Crippen LogP contribution in [0.5, 0.6) is 0 Å². The Hall–Kier alpha value is -2.78. The molecule has 12 nitrogen and oxygen atoms in total. The highest BCUT2D eigenvalue weighted by molar-refractivity contribution is 5.83. The fourth-order valence-electron chi connectivity index (χ4n) is 8.26. The first-order chi connectivity index (χ1) is 25.3. The molecule has 0 aliphatic carbocycles. The zero-order valence-electron chi connectivity index (χ0n) is 34.0. The number of benzene rings is 1. The number of cyclic esters (lactones) is 1. The lowest BCUT2D eigenvalue weighted by atomic mass is 9.74. The van der Waals surface area contributed by atoms with Crippen LogP contribution in [0, 0.1) is 29.5 Å². The molecule has 0 aromatic heterocycles. The van der Waals surface area contributed by atoms with Crippen LogP contribution < -0.4 is 0 Å². The monoisotopic (exact) mass is 765 g/mol. The first-order valence-corrected chi connectivity index (χ1v) is 19.0. The van der Waals surface area contributed by atoms with Gasteiger partial charge in [-0.25, -0.2) is 4.39 Å². The topological polar surface area (TPSA) is 150 Å². The number of esters is 2. The molecule has 0 bridgehead atoms. The molecule has 1 aromatic carbocycles. The summed E-state index contributed by atoms with van der Waals surface area (Å²) in [5.74, 6) is -5.97. The van der Waals surface area contributed by atoms with Crippen LogP contribution in [0.15, 0.2) is 36.9 Å². The van der Waals surface area contributed by atoms with E-state index in [1.807, 2.05) is 14.0 Å². The number of Topliss-reactive ketones (excluding diaryl/α,β-unsaturated/α-hetero) is 1. The van der Waals surface area contributed by atoms with Crippen LogP contribution >= 0.6 is 0 Å². The van der Waals surface area contributed by atoms with Crippen molar-refractivity contribution in [2.45, 2.75) is 141 Å². The highest BCUT2D eigenvalue weighted by Crippen LogP contribution is 2.40. The maximum atomic E-state index is 14.1. The van der Waals surface area contributed by atoms with Gasteiger partial charge in [0.15, 0.2) is 6.29 Å². The van der Waals surface area contributed by atoms with Gasteiger partial charge in [0.05, 0.1) is 36.3 Å². The van der Waals surface area contributed by atoms with Gasteiger partial charge in [0.2, 0.25) is 0 Å². The van der Waals surface area contributed by atoms with Crippen molar-refractivity contribution in [1.29, 1.82) is 0 Å². The summed E-state index contributed by atoms with van der Waals surface area (Å²) in [6, 6.07) is 5.30. The molecule has 1 unspecified atom stereocenters. The van der Waals surface area contributed by atoms with Crippen LogP contribution in [-0.4, -0.2) is 121 Å². The lowest BCUT2D eigenvalue weighted by Gasteiger charge is -2.49. The molecule has 2 aliphatic rings. The third kappa shape index (κ3) is 10.5. The fourth-order valence-corrected chi connectivity index (χ4v) is 8.26. The van der Waals surface area contributed by atoms with Crippen LogP contribution in [0.1, 0.15) is 80.2 Å². The summed E-state index contributed by atoms with van der Waals surface area (Å²) in [6.45, 7) is 17.8. The van der Waals surface area contributed by atoms with Gasteiger partial charge in [-0.2, -0.15) is 0 Å². The summed E-state index contributed by atoms with van der Waals surface area (Å²) in [5.41, 5.74) is -2.79. The quantitative estimate of drug-likeness (QED) is 0.238. The summed E-state index contributed by atoms with van der Waals surface area (Å²) in [6.07, 6.45) is -4.35. The van der Waals surface area contributed by atoms with E-state index in [0.717, 1.165) is 0 Å². The van der Waals surface area contributed by atoms with E-state index in [4.69, 9.17) is 28.4 Å². The van der Waals surface area contributed by atoms with Crippen LogP contribution in [0.4, 0.5) is 4.39 Å². The van der Waals surface area contributed by atoms with Crippen molar-refractivity contribution in [2.75, 3.05) is 27.8 Å². The van der Waals surface area contributed by atoms with E-state index >= 15 is 0 Å². The minimum Gasteiger partial charge on any atom is -0.461 e. The maximum absolute atomic E-state index is 14.1. The second kappa shape index (κ2) is 19.4. The van der Waals surface area contributed by atoms with Gasteiger partial charge in [-0.15, -0.1) is 6.58 Å². The first kappa shape index (κ1) is 45.6. The number of nitrogens with zero attached hydrogens (tertiary/aromatic N) is 1. The Morgan fingerprint density at radius 2 is 1.70 bits per heavy atom. The molecule has 54 heavy (non-hydrogen) atoms. The van der Waals surface area contributed by atoms with Crippen molar-refractivity contribution >= 4 is 17.7 Å². The molecule has 2 N–H and O–H groups in total. The summed E-state index contributed by atoms with van der Waals surface area (Å²) in [4.78, 5) is 43.9. The van der Waals surface area contributed by atoms with E-state index < -0.39 is 89.4 Å². The largest absolute Gasteiger partial charge is 0.461 e. The summed E-state index contributed by atoms with van der Waals surface area (Å²) in [7, 11) is 5.03. The smallest absolute Gasteiger partial charge is 0.312 e. The minimum atomic E-state index is -2.00. The number of ether oxygens (including phenoxy) is 6. The lowest BCUT2D eigenvalue weighted by molar-refractivity contribution is -0.305. The Balaban J connectivity index is 2.21. The third-order valence-corrected chi connectivity index (χ3v) is 11.6. The molecule has 306 valence electrons. The number of carbonyl (C=O) groups is 3. The van der Waals surface area contributed by atoms with Gasteiger partial charge in [0, 0.05) is 44.6 Å². The van der Waals surface area contributed by atoms with Gasteiger partial charge in [-0.3, -0.25) is 19.3 Å². The number of methoxy groups -OCH3 is 2. The number of hydrogen-bond acceptors (Lipinski definition) is 12. The number of hydrogen-bond donors (Lipinski definition) is 2. The number of carbonyl (C=O) groups excluding carboxylic acids is 3. The van der Waals surface area contributed by atoms with Gasteiger partial charge in [0.25, 0.3) is 0 Å². The minimum absolute atomic E-state index is 0.0859. The number of rotatable bonds is 11. The molecule has 13 heteroatoms. The van der Waals surface area contributed by atoms with Crippen molar-refractivity contribution < 1.29 is 57.4 Å². The number of aliphatic hydroxyl groups is 2. The van der Waals surface area contributed by atoms with Crippen molar-refractivity contribution in [2.24, 2.45) is 23.7 Å². The zero-order valence-corrected chi connectivity index (χ0v) is 34.0. The molecule has 2 aliphatic heterocycles. The van der Waals surface area contributed by atoms with E-state index in [1.54, 1.807) is 54.7 Å². The SMILES string of the molecule is C=CCN(C)[C@@H]1C[C@H](C)OC(O[C@@H]2[C@@H](C)[C@H](OC(=O)Cc3ccc(F)cc3)[C@@H](C)C(=O)O[C@H](CC)[C@@](C)(O)[C@H](O)[C@H](C)C(=O)[C@H](C)C[C@@]2(C)OC)[C@H]1OC. The Bertz CT molecular complexity index is 1410. The molecule has 0 spiro atoms. The highest BCUT2D eigenvalue weighted by Gasteiger charge is 2.53. The van der Waals surface area contributed by atoms with E-state index in [9.17, 15) is 29.0 Å². The van der Waals surface area contributed by atoms with Crippen LogP contribution in [0.3, 0.4) is 0 Å². The number of halogens is 1. The molecule has 2 fully saturated rings. The van der Waals surface area contributed by atoms with Gasteiger partial charge < -0.3 is 38.6 Å². The number of ketones is 1. The second-order valence-electron chi connectivity index (χ2n) is 15.8. The number of aliphatic hydroxyl groups excluding tert-OH is 1. The Morgan fingerprint density at radius 1 is 1.07 bits per heavy atom. The maximum Gasteiger partial charge on any atom is 0.312 e. The molecule has 0 radical (unpaired) electrons. The van der Waals surface area contributed by atoms with Crippen molar-refractivity contribution in [3.8, 4) is 0 Å². The summed E-state index contributed by atoms with van der Waals surface area (Å²) >= 11 is 0. The van der Waals surface area contributed by atoms with Gasteiger partial charge in [-0.05, 0) is 71.7 Å². The van der Waals surface area contributed by atoms with Crippen molar-refractivity contribution in [1.82, 2.24) is 4.90 Å². The zero-order chi connectivity index (χ0) is 40.7. The summed E-state index contributed by atoms with van der Waals surface area (Å²) in [5, 5.41) is 23.0. The van der Waals surface area contributed by atoms with E-state index in [-0.39, 0.29) is 37.2 Å². The van der Waals surface area contributed by atoms with Crippen LogP contribution in [-0.2, 0) is 49.2 Å². The van der Waals surface area contributed by atoms with Gasteiger partial charge >= 0.3 is 11.9 Å². The molecule has 14 atom stereocenters. The average molecular weight is 766 g/mol. The normalized spacial score (nSPS) is 38.7. The van der Waals surface area contributed by atoms with E-state index in [2.05, 4.69) is 11.5 Å². The van der Waals surface area contributed by atoms with E-state index in [1.165, 1.54) is 38.3 Å². The van der Waals surface area contributed by atoms with Gasteiger partial charge in [0.1, 0.15) is 35.5 Å². The van der Waals surface area contributed by atoms with E-state index in [0.29, 0.717) is 18.5 Å². The third-order valence-electron chi connectivity index (χ3n) is 11.6. The fraction of sp³-hybridized carbons (Fsp3) is 0.732. The first-order valence-electron chi connectivity index (χ1n) is 19.0. The van der Waals surface area contributed by atoms with Crippen LogP contribution in [0.2, 0.25) is 0 Å². The predicted octanol–water partition coefficient (Wildman–Crippen LogP) is 4.66. The molecule has 3 rings (SSSR count). The predicted molar refractivity (Wildman–Crippen MR) is 200 cm³/mol. The average Bonchev–Trinajstić information content (AvgIpc) is 3.13. The molecule has 2 saturated heterocycles.